The lowest BCUT2D eigenvalue weighted by Crippen LogP contribution is -2.41. The molecule has 2 aromatic carbocycles. The number of para-hydroxylation sites is 1. The average molecular weight is 653 g/mol. The Bertz CT molecular complexity index is 1710. The van der Waals surface area contributed by atoms with E-state index in [0.717, 1.165) is 47.1 Å². The van der Waals surface area contributed by atoms with E-state index in [9.17, 15) is 27.6 Å². The second-order valence-electron chi connectivity index (χ2n) is 11.1. The van der Waals surface area contributed by atoms with E-state index in [1.54, 1.807) is 21.2 Å². The molecule has 1 amide bonds. The number of aromatic nitrogens is 4. The number of thioether (sulfide) groups is 1. The monoisotopic (exact) mass is 652 g/mol. The number of amides is 1. The van der Waals surface area contributed by atoms with Gasteiger partial charge in [-0.15, -0.1) is 0 Å². The SMILES string of the molecule is O=C(CCCNCc1ccc(C(F)(F)F)cc1)N1CCc2nc(SC3CCC3)n(-c3ccccc3)c(=O)c2C1.O=c1ccnc[nH]1. The topological polar surface area (TPSA) is 113 Å². The van der Waals surface area contributed by atoms with E-state index >= 15 is 0 Å². The minimum atomic E-state index is -4.34. The van der Waals surface area contributed by atoms with Gasteiger partial charge in [-0.05, 0) is 55.6 Å². The molecular weight excluding hydrogens is 617 g/mol. The maximum Gasteiger partial charge on any atom is 0.416 e. The number of hydrogen-bond acceptors (Lipinski definition) is 7. The lowest BCUT2D eigenvalue weighted by Gasteiger charge is -2.30. The Morgan fingerprint density at radius 3 is 2.41 bits per heavy atom. The van der Waals surface area contributed by atoms with Crippen molar-refractivity contribution >= 4 is 17.7 Å². The molecular formula is C33H35F3N6O3S. The predicted molar refractivity (Wildman–Crippen MR) is 170 cm³/mol. The first-order valence-electron chi connectivity index (χ1n) is 15.2. The minimum Gasteiger partial charge on any atom is -0.338 e. The molecule has 242 valence electrons. The maximum absolute atomic E-state index is 13.7. The number of H-pyrrole nitrogens is 1. The number of carbonyl (C=O) groups is 1. The van der Waals surface area contributed by atoms with Crippen LogP contribution in [0.1, 0.15) is 54.5 Å². The lowest BCUT2D eigenvalue weighted by molar-refractivity contribution is -0.137. The number of rotatable bonds is 9. The Hall–Kier alpha value is -4.23. The van der Waals surface area contributed by atoms with Crippen LogP contribution in [0.2, 0.25) is 0 Å². The van der Waals surface area contributed by atoms with Gasteiger partial charge >= 0.3 is 6.18 Å². The second kappa shape index (κ2) is 15.4. The van der Waals surface area contributed by atoms with Crippen molar-refractivity contribution in [3.63, 3.8) is 0 Å². The molecule has 0 radical (unpaired) electrons. The molecule has 6 rings (SSSR count). The van der Waals surface area contributed by atoms with Crippen LogP contribution in [0.15, 0.2) is 87.9 Å². The molecule has 0 atom stereocenters. The summed E-state index contributed by atoms with van der Waals surface area (Å²) in [5.74, 6) is -0.0180. The molecule has 1 fully saturated rings. The van der Waals surface area contributed by atoms with Gasteiger partial charge in [0.2, 0.25) is 5.91 Å². The van der Waals surface area contributed by atoms with Gasteiger partial charge in [0.05, 0.1) is 35.4 Å². The van der Waals surface area contributed by atoms with Crippen molar-refractivity contribution in [3.8, 4) is 5.69 Å². The van der Waals surface area contributed by atoms with E-state index in [0.29, 0.717) is 49.7 Å². The zero-order valence-corrected chi connectivity index (χ0v) is 25.9. The number of aromatic amines is 1. The molecule has 3 heterocycles. The molecule has 2 aromatic heterocycles. The Morgan fingerprint density at radius 1 is 1.04 bits per heavy atom. The van der Waals surface area contributed by atoms with Crippen LogP contribution in [0.4, 0.5) is 13.2 Å². The van der Waals surface area contributed by atoms with E-state index in [-0.39, 0.29) is 23.6 Å². The molecule has 13 heteroatoms. The minimum absolute atomic E-state index is 0.0180. The summed E-state index contributed by atoms with van der Waals surface area (Å²) in [6.07, 6.45) is 3.39. The first kappa shape index (κ1) is 33.1. The van der Waals surface area contributed by atoms with Crippen molar-refractivity contribution in [2.24, 2.45) is 0 Å². The van der Waals surface area contributed by atoms with Gasteiger partial charge in [-0.2, -0.15) is 13.2 Å². The van der Waals surface area contributed by atoms with Crippen LogP contribution in [0.5, 0.6) is 0 Å². The van der Waals surface area contributed by atoms with Crippen molar-refractivity contribution in [1.29, 1.82) is 0 Å². The fraction of sp³-hybridized carbons (Fsp3) is 0.364. The number of halogens is 3. The molecule has 9 nitrogen and oxygen atoms in total. The summed E-state index contributed by atoms with van der Waals surface area (Å²) in [6, 6.07) is 16.0. The zero-order chi connectivity index (χ0) is 32.5. The van der Waals surface area contributed by atoms with Gasteiger partial charge in [0.1, 0.15) is 0 Å². The predicted octanol–water partition coefficient (Wildman–Crippen LogP) is 5.12. The van der Waals surface area contributed by atoms with Crippen molar-refractivity contribution < 1.29 is 18.0 Å². The third-order valence-corrected chi connectivity index (χ3v) is 9.13. The molecule has 0 saturated heterocycles. The summed E-state index contributed by atoms with van der Waals surface area (Å²) in [6.45, 7) is 1.76. The van der Waals surface area contributed by atoms with E-state index in [4.69, 9.17) is 4.98 Å². The van der Waals surface area contributed by atoms with Crippen LogP contribution >= 0.6 is 11.8 Å². The number of hydrogen-bond donors (Lipinski definition) is 2. The number of carbonyl (C=O) groups excluding carboxylic acids is 1. The quantitative estimate of drug-likeness (QED) is 0.191. The molecule has 1 aliphatic carbocycles. The molecule has 1 saturated carbocycles. The molecule has 46 heavy (non-hydrogen) atoms. The second-order valence-corrected chi connectivity index (χ2v) is 12.4. The van der Waals surface area contributed by atoms with Crippen molar-refractivity contribution in [1.82, 2.24) is 29.7 Å². The van der Waals surface area contributed by atoms with Gasteiger partial charge in [0, 0.05) is 43.4 Å². The van der Waals surface area contributed by atoms with E-state index in [1.807, 2.05) is 30.3 Å². The first-order valence-corrected chi connectivity index (χ1v) is 16.1. The number of benzene rings is 2. The summed E-state index contributed by atoms with van der Waals surface area (Å²) >= 11 is 1.68. The smallest absolute Gasteiger partial charge is 0.338 e. The molecule has 0 spiro atoms. The van der Waals surface area contributed by atoms with Crippen molar-refractivity contribution in [2.75, 3.05) is 13.1 Å². The largest absolute Gasteiger partial charge is 0.416 e. The molecule has 0 unspecified atom stereocenters. The number of alkyl halides is 3. The van der Waals surface area contributed by atoms with Gasteiger partial charge in [-0.25, -0.2) is 9.97 Å². The number of fused-ring (bicyclic) bond motifs is 1. The third kappa shape index (κ3) is 8.73. The summed E-state index contributed by atoms with van der Waals surface area (Å²) in [7, 11) is 0. The van der Waals surface area contributed by atoms with Gasteiger partial charge in [0.25, 0.3) is 11.1 Å². The van der Waals surface area contributed by atoms with Gasteiger partial charge < -0.3 is 15.2 Å². The Labute approximate surface area is 268 Å². The standard InChI is InChI=1S/C29H31F3N4O2S.C4H4N2O/c30-29(31,32)21-13-11-20(12-14-21)18-33-16-5-10-26(37)35-17-15-25-24(19-35)27(38)36(22-6-2-1-3-7-22)28(34-25)39-23-8-4-9-23;7-4-1-2-5-3-6-4/h1-3,6-7,11-14,23,33H,4-5,8-10,15-19H2;1-3H,(H,5,6,7). The van der Waals surface area contributed by atoms with Crippen LogP contribution < -0.4 is 16.4 Å². The average Bonchev–Trinajstić information content (AvgIpc) is 3.03. The Morgan fingerprint density at radius 2 is 1.80 bits per heavy atom. The molecule has 2 aliphatic rings. The molecule has 2 N–H and O–H groups in total. The van der Waals surface area contributed by atoms with Crippen LogP contribution in [-0.2, 0) is 30.5 Å². The fourth-order valence-electron chi connectivity index (χ4n) is 5.06. The summed E-state index contributed by atoms with van der Waals surface area (Å²) in [5, 5.41) is 4.40. The highest BCUT2D eigenvalue weighted by atomic mass is 32.2. The summed E-state index contributed by atoms with van der Waals surface area (Å²) in [4.78, 5) is 49.4. The van der Waals surface area contributed by atoms with Gasteiger partial charge in [-0.1, -0.05) is 48.5 Å². The number of nitrogens with one attached hydrogen (secondary N) is 2. The maximum atomic E-state index is 13.7. The third-order valence-electron chi connectivity index (χ3n) is 7.84. The number of nitrogens with zero attached hydrogens (tertiary/aromatic N) is 4. The highest BCUT2D eigenvalue weighted by Gasteiger charge is 2.30. The van der Waals surface area contributed by atoms with Gasteiger partial charge in [0.15, 0.2) is 5.16 Å². The van der Waals surface area contributed by atoms with Crippen LogP contribution in [0, 0.1) is 0 Å². The van der Waals surface area contributed by atoms with Crippen LogP contribution in [0.25, 0.3) is 5.69 Å². The molecule has 0 bridgehead atoms. The molecule has 4 aromatic rings. The van der Waals surface area contributed by atoms with E-state index in [2.05, 4.69) is 15.3 Å². The van der Waals surface area contributed by atoms with E-state index in [1.165, 1.54) is 37.1 Å². The highest BCUT2D eigenvalue weighted by molar-refractivity contribution is 7.99. The Balaban J connectivity index is 0.000000527. The Kier molecular flexibility index (Phi) is 11.1. The van der Waals surface area contributed by atoms with E-state index < -0.39 is 11.7 Å². The summed E-state index contributed by atoms with van der Waals surface area (Å²) in [5.41, 5.74) is 2.01. The van der Waals surface area contributed by atoms with Crippen molar-refractivity contribution in [3.05, 3.63) is 116 Å². The van der Waals surface area contributed by atoms with Crippen LogP contribution in [-0.4, -0.2) is 48.7 Å². The fourth-order valence-corrected chi connectivity index (χ4v) is 6.38. The van der Waals surface area contributed by atoms with Gasteiger partial charge in [-0.3, -0.25) is 19.0 Å². The zero-order valence-electron chi connectivity index (χ0n) is 25.1. The summed E-state index contributed by atoms with van der Waals surface area (Å²) < 4.78 is 39.8. The normalized spacial score (nSPS) is 14.5. The lowest BCUT2D eigenvalue weighted by atomic mass is 10.0. The highest BCUT2D eigenvalue weighted by Crippen LogP contribution is 2.36. The van der Waals surface area contributed by atoms with Crippen molar-refractivity contribution in [2.45, 2.75) is 68.2 Å². The van der Waals surface area contributed by atoms with Crippen LogP contribution in [0.3, 0.4) is 0 Å². The first-order chi connectivity index (χ1) is 22.2. The molecule has 1 aliphatic heterocycles.